The number of nitrogens with zero attached hydrogens (tertiary/aromatic N) is 1. The number of H-pyrrole nitrogens is 1. The Kier molecular flexibility index (Phi) is 5.17. The van der Waals surface area contributed by atoms with Gasteiger partial charge in [0.2, 0.25) is 0 Å². The van der Waals surface area contributed by atoms with Gasteiger partial charge < -0.3 is 19.9 Å². The average molecular weight is 438 g/mol. The summed E-state index contributed by atoms with van der Waals surface area (Å²) in [6, 6.07) is 3.97. The number of urea groups is 1. The molecule has 2 heterocycles. The minimum absolute atomic E-state index is 0.0108. The number of carbonyl (C=O) groups is 1. The third kappa shape index (κ3) is 3.50. The van der Waals surface area contributed by atoms with Gasteiger partial charge in [0.15, 0.2) is 0 Å². The summed E-state index contributed by atoms with van der Waals surface area (Å²) < 4.78 is 47.2. The zero-order valence-corrected chi connectivity index (χ0v) is 16.3. The van der Waals surface area contributed by atoms with Crippen LogP contribution in [0.2, 0.25) is 5.02 Å². The first kappa shape index (κ1) is 20.2. The van der Waals surface area contributed by atoms with E-state index in [1.54, 1.807) is 0 Å². The molecule has 1 atom stereocenters. The summed E-state index contributed by atoms with van der Waals surface area (Å²) in [7, 11) is 1.46. The minimum atomic E-state index is -0.904. The molecule has 30 heavy (non-hydrogen) atoms. The lowest BCUT2D eigenvalue weighted by Gasteiger charge is -2.33. The molecule has 1 aliphatic heterocycles. The molecule has 0 spiro atoms. The molecule has 6 nitrogen and oxygen atoms in total. The van der Waals surface area contributed by atoms with Gasteiger partial charge in [-0.1, -0.05) is 11.6 Å². The molecule has 1 aliphatic rings. The van der Waals surface area contributed by atoms with Crippen LogP contribution in [0.15, 0.2) is 35.1 Å². The first-order valence-corrected chi connectivity index (χ1v) is 9.24. The minimum Gasteiger partial charge on any atom is -0.373 e. The normalized spacial score (nSPS) is 15.7. The predicted molar refractivity (Wildman–Crippen MR) is 105 cm³/mol. The van der Waals surface area contributed by atoms with Crippen molar-refractivity contribution in [1.82, 2.24) is 9.88 Å². The monoisotopic (exact) mass is 437 g/mol. The number of likely N-dealkylation sites (N-methyl/N-ethyl adjacent to an activating group) is 1. The van der Waals surface area contributed by atoms with Crippen LogP contribution in [-0.2, 0) is 11.3 Å². The molecule has 4 rings (SSSR count). The highest BCUT2D eigenvalue weighted by atomic mass is 35.5. The Bertz CT molecular complexity index is 1230. The number of carbonyl (C=O) groups excluding carboxylic acids is 1. The number of nitrogens with one attached hydrogen (secondary N) is 2. The van der Waals surface area contributed by atoms with E-state index in [9.17, 15) is 22.8 Å². The number of pyridine rings is 1. The topological polar surface area (TPSA) is 74.4 Å². The van der Waals surface area contributed by atoms with Gasteiger partial charge in [-0.05, 0) is 24.3 Å². The van der Waals surface area contributed by atoms with E-state index in [1.165, 1.54) is 24.1 Å². The molecule has 0 saturated heterocycles. The summed E-state index contributed by atoms with van der Waals surface area (Å²) in [6.45, 7) is 0.0376. The van der Waals surface area contributed by atoms with Crippen molar-refractivity contribution in [3.63, 3.8) is 0 Å². The summed E-state index contributed by atoms with van der Waals surface area (Å²) in [5.74, 6) is -2.41. The number of fused-ring (bicyclic) bond motifs is 3. The second kappa shape index (κ2) is 7.66. The van der Waals surface area contributed by atoms with Crippen LogP contribution in [0, 0.1) is 17.5 Å². The van der Waals surface area contributed by atoms with Gasteiger partial charge >= 0.3 is 6.03 Å². The highest BCUT2D eigenvalue weighted by Crippen LogP contribution is 2.34. The van der Waals surface area contributed by atoms with Crippen molar-refractivity contribution >= 4 is 34.1 Å². The number of hydrogen-bond donors (Lipinski definition) is 2. The average Bonchev–Trinajstić information content (AvgIpc) is 2.69. The van der Waals surface area contributed by atoms with Gasteiger partial charge in [-0.15, -0.1) is 0 Å². The largest absolute Gasteiger partial charge is 0.373 e. The molecule has 2 aromatic carbocycles. The summed E-state index contributed by atoms with van der Waals surface area (Å²) in [5.41, 5.74) is 0.246. The van der Waals surface area contributed by atoms with Crippen LogP contribution in [0.4, 0.5) is 23.7 Å². The first-order chi connectivity index (χ1) is 14.3. The number of anilines is 1. The highest BCUT2D eigenvalue weighted by Gasteiger charge is 2.32. The Morgan fingerprint density at radius 3 is 2.73 bits per heavy atom. The fourth-order valence-corrected chi connectivity index (χ4v) is 3.70. The number of amides is 2. The van der Waals surface area contributed by atoms with Crippen LogP contribution in [0.1, 0.15) is 17.3 Å². The maximum atomic E-state index is 14.7. The van der Waals surface area contributed by atoms with Crippen LogP contribution in [0.5, 0.6) is 0 Å². The van der Waals surface area contributed by atoms with E-state index in [-0.39, 0.29) is 34.7 Å². The molecule has 0 saturated carbocycles. The van der Waals surface area contributed by atoms with Crippen molar-refractivity contribution in [2.24, 2.45) is 0 Å². The highest BCUT2D eigenvalue weighted by molar-refractivity contribution is 6.31. The van der Waals surface area contributed by atoms with E-state index in [0.29, 0.717) is 17.3 Å². The number of benzene rings is 2. The summed E-state index contributed by atoms with van der Waals surface area (Å²) in [5, 5.41) is 2.20. The Labute approximate surface area is 173 Å². The molecule has 0 aliphatic carbocycles. The zero-order chi connectivity index (χ0) is 21.6. The molecule has 156 valence electrons. The van der Waals surface area contributed by atoms with E-state index in [1.807, 2.05) is 0 Å². The first-order valence-electron chi connectivity index (χ1n) is 8.86. The van der Waals surface area contributed by atoms with Crippen LogP contribution >= 0.6 is 11.6 Å². The molecular formula is C20H15ClF3N3O3. The van der Waals surface area contributed by atoms with Crippen molar-refractivity contribution < 1.29 is 22.7 Å². The molecule has 2 N–H and O–H groups in total. The summed E-state index contributed by atoms with van der Waals surface area (Å²) >= 11 is 5.74. The Balaban J connectivity index is 1.75. The maximum Gasteiger partial charge on any atom is 0.322 e. The van der Waals surface area contributed by atoms with Crippen molar-refractivity contribution in [1.29, 1.82) is 0 Å². The summed E-state index contributed by atoms with van der Waals surface area (Å²) in [6.07, 6.45) is 0. The number of aromatic amines is 1. The van der Waals surface area contributed by atoms with Crippen molar-refractivity contribution in [3.05, 3.63) is 74.4 Å². The van der Waals surface area contributed by atoms with E-state index in [2.05, 4.69) is 10.3 Å². The lowest BCUT2D eigenvalue weighted by Crippen LogP contribution is -2.40. The number of rotatable bonds is 2. The van der Waals surface area contributed by atoms with Gasteiger partial charge in [0, 0.05) is 35.4 Å². The molecule has 0 radical (unpaired) electrons. The van der Waals surface area contributed by atoms with Crippen molar-refractivity contribution in [3.8, 4) is 0 Å². The van der Waals surface area contributed by atoms with E-state index < -0.39 is 35.1 Å². The van der Waals surface area contributed by atoms with Gasteiger partial charge in [-0.2, -0.15) is 0 Å². The van der Waals surface area contributed by atoms with Crippen molar-refractivity contribution in [2.45, 2.75) is 12.6 Å². The number of ether oxygens (including phenoxy) is 1. The second-order valence-electron chi connectivity index (χ2n) is 6.86. The lowest BCUT2D eigenvalue weighted by atomic mass is 9.95. The van der Waals surface area contributed by atoms with Gasteiger partial charge in [-0.3, -0.25) is 4.79 Å². The van der Waals surface area contributed by atoms with Crippen LogP contribution in [-0.4, -0.2) is 29.6 Å². The van der Waals surface area contributed by atoms with Gasteiger partial charge in [0.1, 0.15) is 17.5 Å². The number of aromatic nitrogens is 1. The number of hydrogen-bond acceptors (Lipinski definition) is 3. The van der Waals surface area contributed by atoms with Crippen LogP contribution in [0.25, 0.3) is 10.8 Å². The van der Waals surface area contributed by atoms with Crippen molar-refractivity contribution in [2.75, 3.05) is 19.0 Å². The second-order valence-corrected chi connectivity index (χ2v) is 7.26. The van der Waals surface area contributed by atoms with Gasteiger partial charge in [0.25, 0.3) is 5.56 Å². The standard InChI is InChI=1S/C20H15ClF3N3O3/c1-27(20(29)25-10-2-3-13(23)12(21)6-10)16-8-30-7-15-18(16)17-11(19(28)26-15)4-9(22)5-14(17)24/h2-6,16H,7-8H2,1H3,(H,25,29)(H,26,28)/t16-/m0/s1. The molecule has 0 fully saturated rings. The summed E-state index contributed by atoms with van der Waals surface area (Å²) in [4.78, 5) is 28.9. The van der Waals surface area contributed by atoms with E-state index in [0.717, 1.165) is 12.1 Å². The quantitative estimate of drug-likeness (QED) is 0.626. The Morgan fingerprint density at radius 1 is 1.23 bits per heavy atom. The molecule has 3 aromatic rings. The van der Waals surface area contributed by atoms with E-state index in [4.69, 9.17) is 16.3 Å². The molecule has 2 amide bonds. The molecular weight excluding hydrogens is 423 g/mol. The van der Waals surface area contributed by atoms with Gasteiger partial charge in [0.05, 0.1) is 29.7 Å². The van der Waals surface area contributed by atoms with E-state index >= 15 is 0 Å². The third-order valence-corrected chi connectivity index (χ3v) is 5.26. The molecule has 1 aromatic heterocycles. The Hall–Kier alpha value is -3.04. The maximum absolute atomic E-state index is 14.7. The fraction of sp³-hybridized carbons (Fsp3) is 0.200. The van der Waals surface area contributed by atoms with Crippen LogP contribution < -0.4 is 10.9 Å². The van der Waals surface area contributed by atoms with Crippen LogP contribution in [0.3, 0.4) is 0 Å². The fourth-order valence-electron chi connectivity index (χ4n) is 3.52. The molecule has 10 heteroatoms. The number of halogens is 4. The van der Waals surface area contributed by atoms with Gasteiger partial charge in [-0.25, -0.2) is 18.0 Å². The third-order valence-electron chi connectivity index (χ3n) is 4.97. The molecule has 0 unspecified atom stereocenters. The SMILES string of the molecule is CN(C(=O)Nc1ccc(F)c(Cl)c1)[C@H]1COCc2[nH]c(=O)c3cc(F)cc(F)c3c21. The lowest BCUT2D eigenvalue weighted by molar-refractivity contribution is 0.0526. The predicted octanol–water partition coefficient (Wildman–Crippen LogP) is 4.33. The zero-order valence-electron chi connectivity index (χ0n) is 15.6. The molecule has 0 bridgehead atoms. The Morgan fingerprint density at radius 2 is 2.00 bits per heavy atom. The smallest absolute Gasteiger partial charge is 0.322 e.